The summed E-state index contributed by atoms with van der Waals surface area (Å²) in [6.45, 7) is 0. The SMILES string of the molecule is [N-]=[N+]=N[C@@H](CCSSCCSSCC[C@H](N)CS(=O)O)CS(=O)O. The van der Waals surface area contributed by atoms with Crippen molar-refractivity contribution in [1.82, 2.24) is 0 Å². The molecule has 0 amide bonds. The second-order valence-corrected chi connectivity index (χ2v) is 11.8. The average molecular weight is 455 g/mol. The zero-order valence-electron chi connectivity index (χ0n) is 12.9. The van der Waals surface area contributed by atoms with Gasteiger partial charge in [-0.1, -0.05) is 48.3 Å². The van der Waals surface area contributed by atoms with E-state index in [9.17, 15) is 8.42 Å². The van der Waals surface area contributed by atoms with Crippen LogP contribution in [0, 0.1) is 0 Å². The molecule has 0 aliphatic rings. The van der Waals surface area contributed by atoms with Crippen LogP contribution in [0.25, 0.3) is 10.4 Å². The van der Waals surface area contributed by atoms with E-state index < -0.39 is 28.2 Å². The van der Waals surface area contributed by atoms with E-state index in [2.05, 4.69) is 10.0 Å². The van der Waals surface area contributed by atoms with Gasteiger partial charge in [0.1, 0.15) is 0 Å². The third-order valence-electron chi connectivity index (χ3n) is 2.43. The fourth-order valence-corrected chi connectivity index (χ4v) is 7.46. The minimum Gasteiger partial charge on any atom is -0.327 e. The van der Waals surface area contributed by atoms with Gasteiger partial charge in [-0.15, -0.1) is 0 Å². The Morgan fingerprint density at radius 3 is 1.96 bits per heavy atom. The van der Waals surface area contributed by atoms with Crippen LogP contribution in [0.3, 0.4) is 0 Å². The summed E-state index contributed by atoms with van der Waals surface area (Å²) >= 11 is -3.77. The Bertz CT molecular complexity index is 426. The molecule has 24 heavy (non-hydrogen) atoms. The summed E-state index contributed by atoms with van der Waals surface area (Å²) in [6.07, 6.45) is 1.30. The highest BCUT2D eigenvalue weighted by Crippen LogP contribution is 2.28. The summed E-state index contributed by atoms with van der Waals surface area (Å²) < 4.78 is 38.8. The van der Waals surface area contributed by atoms with Crippen molar-refractivity contribution >= 4 is 65.3 Å². The van der Waals surface area contributed by atoms with Crippen LogP contribution < -0.4 is 5.73 Å². The predicted molar refractivity (Wildman–Crippen MR) is 111 cm³/mol. The van der Waals surface area contributed by atoms with E-state index >= 15 is 0 Å². The number of nitrogens with two attached hydrogens (primary N) is 1. The van der Waals surface area contributed by atoms with E-state index in [1.165, 1.54) is 0 Å². The fourth-order valence-electron chi connectivity index (χ4n) is 1.37. The van der Waals surface area contributed by atoms with E-state index in [4.69, 9.17) is 20.4 Å². The molecular formula is C10H22N4O4S6. The van der Waals surface area contributed by atoms with Gasteiger partial charge < -0.3 is 14.8 Å². The van der Waals surface area contributed by atoms with Crippen LogP contribution in [-0.2, 0) is 22.2 Å². The Morgan fingerprint density at radius 2 is 1.46 bits per heavy atom. The first kappa shape index (κ1) is 24.9. The zero-order chi connectivity index (χ0) is 18.2. The molecule has 0 spiro atoms. The first-order valence-electron chi connectivity index (χ1n) is 6.89. The molecule has 0 aromatic rings. The molecule has 0 saturated carbocycles. The highest BCUT2D eigenvalue weighted by molar-refractivity contribution is 8.78. The van der Waals surface area contributed by atoms with Gasteiger partial charge in [0.15, 0.2) is 22.2 Å². The lowest BCUT2D eigenvalue weighted by Gasteiger charge is -2.08. The maximum absolute atomic E-state index is 10.7. The Hall–Kier alpha value is 0.890. The molecule has 4 atom stereocenters. The topological polar surface area (TPSA) is 149 Å². The average Bonchev–Trinajstić information content (AvgIpc) is 2.47. The van der Waals surface area contributed by atoms with Crippen LogP contribution in [0.4, 0.5) is 0 Å². The Labute approximate surface area is 163 Å². The summed E-state index contributed by atoms with van der Waals surface area (Å²) in [6, 6.07) is -0.664. The van der Waals surface area contributed by atoms with E-state index in [1.54, 1.807) is 43.2 Å². The van der Waals surface area contributed by atoms with E-state index in [0.29, 0.717) is 6.42 Å². The Kier molecular flexibility index (Phi) is 18.0. The van der Waals surface area contributed by atoms with Gasteiger partial charge in [-0.3, -0.25) is 0 Å². The second kappa shape index (κ2) is 17.3. The zero-order valence-corrected chi connectivity index (χ0v) is 17.8. The third-order valence-corrected chi connectivity index (χ3v) is 8.95. The van der Waals surface area contributed by atoms with Gasteiger partial charge in [0.05, 0.1) is 17.5 Å². The molecule has 0 saturated heterocycles. The van der Waals surface area contributed by atoms with Crippen molar-refractivity contribution in [2.45, 2.75) is 24.9 Å². The lowest BCUT2D eigenvalue weighted by Crippen LogP contribution is -2.27. The highest BCUT2D eigenvalue weighted by atomic mass is 33.1. The highest BCUT2D eigenvalue weighted by Gasteiger charge is 2.10. The fraction of sp³-hybridized carbons (Fsp3) is 1.00. The smallest absolute Gasteiger partial charge is 0.154 e. The molecule has 0 aliphatic carbocycles. The lowest BCUT2D eigenvalue weighted by molar-refractivity contribution is 0.552. The summed E-state index contributed by atoms with van der Waals surface area (Å²) in [5.41, 5.74) is 14.1. The maximum Gasteiger partial charge on any atom is 0.154 e. The minimum absolute atomic E-state index is 0.0201. The normalized spacial score (nSPS) is 16.1. The third kappa shape index (κ3) is 17.7. The first-order valence-corrected chi connectivity index (χ1v) is 14.4. The molecule has 4 N–H and O–H groups in total. The molecule has 0 bridgehead atoms. The Balaban J connectivity index is 3.45. The van der Waals surface area contributed by atoms with Crippen molar-refractivity contribution < 1.29 is 17.5 Å². The Morgan fingerprint density at radius 1 is 0.958 bits per heavy atom. The molecule has 142 valence electrons. The predicted octanol–water partition coefficient (Wildman–Crippen LogP) is 2.98. The molecule has 0 aliphatic heterocycles. The molecule has 8 nitrogen and oxygen atoms in total. The molecule has 0 radical (unpaired) electrons. The number of hydrogen-bond donors (Lipinski definition) is 3. The van der Waals surface area contributed by atoms with Crippen molar-refractivity contribution in [3.05, 3.63) is 10.4 Å². The van der Waals surface area contributed by atoms with Gasteiger partial charge in [0.2, 0.25) is 0 Å². The van der Waals surface area contributed by atoms with Crippen molar-refractivity contribution in [3.8, 4) is 0 Å². The maximum atomic E-state index is 10.7. The molecule has 0 heterocycles. The van der Waals surface area contributed by atoms with Crippen molar-refractivity contribution in [2.24, 2.45) is 10.8 Å². The largest absolute Gasteiger partial charge is 0.327 e. The number of azide groups is 1. The van der Waals surface area contributed by atoms with Gasteiger partial charge >= 0.3 is 0 Å². The van der Waals surface area contributed by atoms with E-state index in [0.717, 1.165) is 29.4 Å². The van der Waals surface area contributed by atoms with Crippen molar-refractivity contribution in [3.63, 3.8) is 0 Å². The molecular weight excluding hydrogens is 433 g/mol. The lowest BCUT2D eigenvalue weighted by atomic mass is 10.3. The monoisotopic (exact) mass is 454 g/mol. The van der Waals surface area contributed by atoms with Crippen molar-refractivity contribution in [1.29, 1.82) is 0 Å². The van der Waals surface area contributed by atoms with Crippen LogP contribution in [0.1, 0.15) is 12.8 Å². The minimum atomic E-state index is -1.94. The quantitative estimate of drug-likeness (QED) is 0.0798. The van der Waals surface area contributed by atoms with Crippen LogP contribution >= 0.6 is 43.2 Å². The van der Waals surface area contributed by atoms with Gasteiger partial charge in [0, 0.05) is 34.0 Å². The van der Waals surface area contributed by atoms with Gasteiger partial charge in [-0.25, -0.2) is 8.42 Å². The summed E-state index contributed by atoms with van der Waals surface area (Å²) in [5, 5.41) is 3.52. The van der Waals surface area contributed by atoms with E-state index in [1.807, 2.05) is 0 Å². The van der Waals surface area contributed by atoms with Gasteiger partial charge in [-0.2, -0.15) is 0 Å². The van der Waals surface area contributed by atoms with Crippen LogP contribution in [0.15, 0.2) is 5.11 Å². The molecule has 0 rings (SSSR count). The van der Waals surface area contributed by atoms with Crippen LogP contribution in [0.5, 0.6) is 0 Å². The number of nitrogens with zero attached hydrogens (tertiary/aromatic N) is 3. The van der Waals surface area contributed by atoms with Crippen LogP contribution in [0.2, 0.25) is 0 Å². The van der Waals surface area contributed by atoms with Crippen molar-refractivity contribution in [2.75, 3.05) is 34.5 Å². The van der Waals surface area contributed by atoms with Crippen LogP contribution in [-0.4, -0.2) is 64.1 Å². The number of rotatable bonds is 16. The summed E-state index contributed by atoms with van der Waals surface area (Å²) in [4.78, 5) is 2.69. The summed E-state index contributed by atoms with van der Waals surface area (Å²) in [7, 11) is 6.83. The van der Waals surface area contributed by atoms with Gasteiger partial charge in [0.25, 0.3) is 0 Å². The standard InChI is InChI=1S/C10H22N4O4S6/c11-9(7-23(15)16)1-3-19-21-5-6-22-20-4-2-10(13-14-12)8-24(17)18/h9-10H,1-8,11H2,(H,15,16)(H,17,18)/t9-,10-/m0/s1. The molecule has 2 unspecified atom stereocenters. The van der Waals surface area contributed by atoms with E-state index in [-0.39, 0.29) is 17.5 Å². The van der Waals surface area contributed by atoms with Gasteiger partial charge in [-0.05, 0) is 18.4 Å². The molecule has 0 aromatic carbocycles. The molecule has 0 aromatic heterocycles. The summed E-state index contributed by atoms with van der Waals surface area (Å²) in [5.74, 6) is 3.66. The molecule has 14 heteroatoms. The number of hydrogen-bond acceptors (Lipinski definition) is 8. The molecule has 0 fully saturated rings. The first-order chi connectivity index (χ1) is 11.5. The second-order valence-electron chi connectivity index (χ2n) is 4.46.